The summed E-state index contributed by atoms with van der Waals surface area (Å²) in [6, 6.07) is 8.59. The van der Waals surface area contributed by atoms with Crippen molar-refractivity contribution in [3.63, 3.8) is 0 Å². The Morgan fingerprint density at radius 2 is 1.85 bits per heavy atom. The van der Waals surface area contributed by atoms with Gasteiger partial charge in [0, 0.05) is 31.6 Å². The van der Waals surface area contributed by atoms with E-state index in [-0.39, 0.29) is 17.9 Å². The zero-order valence-electron chi connectivity index (χ0n) is 12.5. The van der Waals surface area contributed by atoms with E-state index < -0.39 is 0 Å². The van der Waals surface area contributed by atoms with E-state index in [4.69, 9.17) is 11.0 Å². The maximum atomic E-state index is 13.1. The molecule has 0 spiro atoms. The fourth-order valence-corrected chi connectivity index (χ4v) is 2.51. The third kappa shape index (κ3) is 4.92. The summed E-state index contributed by atoms with van der Waals surface area (Å²) >= 11 is 0. The summed E-state index contributed by atoms with van der Waals surface area (Å²) in [6.07, 6.45) is 0.469. The molecule has 0 radical (unpaired) electrons. The second-order valence-corrected chi connectivity index (χ2v) is 5.65. The average Bonchev–Trinajstić information content (AvgIpc) is 2.37. The van der Waals surface area contributed by atoms with Gasteiger partial charge in [-0.15, -0.1) is 0 Å². The predicted molar refractivity (Wildman–Crippen MR) is 79.4 cm³/mol. The first-order chi connectivity index (χ1) is 9.45. The minimum atomic E-state index is -0.246. The minimum absolute atomic E-state index is 0.00588. The molecule has 0 aromatic heterocycles. The largest absolute Gasteiger partial charge is 0.326 e. The van der Waals surface area contributed by atoms with Crippen molar-refractivity contribution in [3.05, 3.63) is 35.6 Å². The van der Waals surface area contributed by atoms with Crippen LogP contribution in [0.4, 0.5) is 4.39 Å². The van der Waals surface area contributed by atoms with Crippen molar-refractivity contribution < 1.29 is 4.39 Å². The van der Waals surface area contributed by atoms with Gasteiger partial charge in [0.25, 0.3) is 0 Å². The molecule has 0 saturated heterocycles. The van der Waals surface area contributed by atoms with Gasteiger partial charge in [-0.05, 0) is 30.5 Å². The number of nitrogens with two attached hydrogens (primary N) is 1. The van der Waals surface area contributed by atoms with Crippen molar-refractivity contribution in [2.75, 3.05) is 13.1 Å². The van der Waals surface area contributed by atoms with Gasteiger partial charge in [-0.3, -0.25) is 4.90 Å². The van der Waals surface area contributed by atoms with Crippen LogP contribution in [0, 0.1) is 23.1 Å². The molecule has 2 atom stereocenters. The molecule has 0 fully saturated rings. The summed E-state index contributed by atoms with van der Waals surface area (Å²) < 4.78 is 13.1. The van der Waals surface area contributed by atoms with E-state index in [0.717, 1.165) is 12.1 Å². The van der Waals surface area contributed by atoms with Crippen molar-refractivity contribution >= 4 is 0 Å². The molecule has 0 amide bonds. The van der Waals surface area contributed by atoms with Crippen LogP contribution in [-0.2, 0) is 0 Å². The normalized spacial score (nSPS) is 14.3. The first-order valence-corrected chi connectivity index (χ1v) is 7.07. The molecule has 0 heterocycles. The van der Waals surface area contributed by atoms with Gasteiger partial charge in [-0.2, -0.15) is 5.26 Å². The van der Waals surface area contributed by atoms with E-state index in [0.29, 0.717) is 18.9 Å². The van der Waals surface area contributed by atoms with E-state index in [1.807, 2.05) is 6.92 Å². The Labute approximate surface area is 121 Å². The molecular formula is C16H24FN3. The number of hydrogen-bond acceptors (Lipinski definition) is 3. The molecule has 4 heteroatoms. The van der Waals surface area contributed by atoms with Crippen LogP contribution >= 0.6 is 0 Å². The number of benzene rings is 1. The Morgan fingerprint density at radius 1 is 1.25 bits per heavy atom. The van der Waals surface area contributed by atoms with Gasteiger partial charge in [0.05, 0.1) is 6.07 Å². The number of nitrogens with zero attached hydrogens (tertiary/aromatic N) is 2. The lowest BCUT2D eigenvalue weighted by Crippen LogP contribution is -2.41. The molecule has 0 aliphatic heterocycles. The number of hydrogen-bond donors (Lipinski definition) is 1. The Bertz CT molecular complexity index is 434. The van der Waals surface area contributed by atoms with Crippen LogP contribution < -0.4 is 5.73 Å². The van der Waals surface area contributed by atoms with E-state index in [1.165, 1.54) is 12.1 Å². The van der Waals surface area contributed by atoms with Gasteiger partial charge in [0.2, 0.25) is 0 Å². The van der Waals surface area contributed by atoms with Crippen LogP contribution in [0.3, 0.4) is 0 Å². The topological polar surface area (TPSA) is 53.0 Å². The summed E-state index contributed by atoms with van der Waals surface area (Å²) in [4.78, 5) is 2.23. The van der Waals surface area contributed by atoms with Crippen molar-refractivity contribution in [1.29, 1.82) is 5.26 Å². The van der Waals surface area contributed by atoms with Crippen LogP contribution in [0.2, 0.25) is 0 Å². The molecule has 1 aromatic carbocycles. The van der Waals surface area contributed by atoms with Crippen molar-refractivity contribution in [3.8, 4) is 6.07 Å². The molecular weight excluding hydrogens is 253 g/mol. The first kappa shape index (κ1) is 16.6. The van der Waals surface area contributed by atoms with Crippen molar-refractivity contribution in [2.24, 2.45) is 11.7 Å². The van der Waals surface area contributed by atoms with Crippen LogP contribution in [0.25, 0.3) is 0 Å². The zero-order chi connectivity index (χ0) is 15.1. The standard InChI is InChI=1S/C16H24FN3/c1-12(2)11-20(10-4-9-18)16(13(3)19)14-5-7-15(17)8-6-14/h5-8,12-13,16H,4,10-11,19H2,1-3H3. The summed E-state index contributed by atoms with van der Waals surface area (Å²) in [5.41, 5.74) is 7.14. The van der Waals surface area contributed by atoms with E-state index in [9.17, 15) is 4.39 Å². The maximum absolute atomic E-state index is 13.1. The quantitative estimate of drug-likeness (QED) is 0.833. The highest BCUT2D eigenvalue weighted by molar-refractivity contribution is 5.21. The smallest absolute Gasteiger partial charge is 0.123 e. The lowest BCUT2D eigenvalue weighted by Gasteiger charge is -2.35. The highest BCUT2D eigenvalue weighted by Gasteiger charge is 2.24. The third-order valence-corrected chi connectivity index (χ3v) is 3.21. The van der Waals surface area contributed by atoms with Gasteiger partial charge < -0.3 is 5.73 Å². The lowest BCUT2D eigenvalue weighted by atomic mass is 9.97. The fourth-order valence-electron chi connectivity index (χ4n) is 2.51. The molecule has 0 aliphatic rings. The van der Waals surface area contributed by atoms with Crippen LogP contribution in [0.5, 0.6) is 0 Å². The molecule has 0 aliphatic carbocycles. The van der Waals surface area contributed by atoms with Crippen LogP contribution in [0.1, 0.15) is 38.8 Å². The number of halogens is 1. The van der Waals surface area contributed by atoms with E-state index >= 15 is 0 Å². The molecule has 1 rings (SSSR count). The van der Waals surface area contributed by atoms with Gasteiger partial charge >= 0.3 is 0 Å². The lowest BCUT2D eigenvalue weighted by molar-refractivity contribution is 0.160. The minimum Gasteiger partial charge on any atom is -0.326 e. The van der Waals surface area contributed by atoms with Gasteiger partial charge in [0.1, 0.15) is 5.82 Å². The summed E-state index contributed by atoms with van der Waals surface area (Å²) in [6.45, 7) is 7.78. The van der Waals surface area contributed by atoms with Crippen molar-refractivity contribution in [2.45, 2.75) is 39.3 Å². The van der Waals surface area contributed by atoms with Crippen LogP contribution in [-0.4, -0.2) is 24.0 Å². The Morgan fingerprint density at radius 3 is 2.30 bits per heavy atom. The monoisotopic (exact) mass is 277 g/mol. The molecule has 20 heavy (non-hydrogen) atoms. The number of nitriles is 1. The molecule has 0 bridgehead atoms. The van der Waals surface area contributed by atoms with Gasteiger partial charge in [-0.25, -0.2) is 4.39 Å². The Kier molecular flexibility index (Phi) is 6.63. The summed E-state index contributed by atoms with van der Waals surface area (Å²) in [5.74, 6) is 0.236. The second kappa shape index (κ2) is 7.98. The van der Waals surface area contributed by atoms with E-state index in [2.05, 4.69) is 24.8 Å². The van der Waals surface area contributed by atoms with E-state index in [1.54, 1.807) is 12.1 Å². The zero-order valence-corrected chi connectivity index (χ0v) is 12.5. The van der Waals surface area contributed by atoms with Crippen molar-refractivity contribution in [1.82, 2.24) is 4.90 Å². The van der Waals surface area contributed by atoms with Gasteiger partial charge in [-0.1, -0.05) is 26.0 Å². The fraction of sp³-hybridized carbons (Fsp3) is 0.562. The summed E-state index contributed by atoms with van der Waals surface area (Å²) in [5, 5.41) is 8.82. The molecule has 110 valence electrons. The molecule has 1 aromatic rings. The van der Waals surface area contributed by atoms with Crippen LogP contribution in [0.15, 0.2) is 24.3 Å². The molecule has 0 saturated carbocycles. The van der Waals surface area contributed by atoms with Gasteiger partial charge in [0.15, 0.2) is 0 Å². The highest BCUT2D eigenvalue weighted by atomic mass is 19.1. The average molecular weight is 277 g/mol. The number of rotatable bonds is 7. The second-order valence-electron chi connectivity index (χ2n) is 5.65. The maximum Gasteiger partial charge on any atom is 0.123 e. The summed E-state index contributed by atoms with van der Waals surface area (Å²) in [7, 11) is 0. The highest BCUT2D eigenvalue weighted by Crippen LogP contribution is 2.25. The Hall–Kier alpha value is -1.44. The molecule has 2 N–H and O–H groups in total. The predicted octanol–water partition coefficient (Wildman–Crippen LogP) is 3.09. The third-order valence-electron chi connectivity index (χ3n) is 3.21. The molecule has 2 unspecified atom stereocenters. The molecule has 3 nitrogen and oxygen atoms in total. The Balaban J connectivity index is 3.00. The first-order valence-electron chi connectivity index (χ1n) is 7.07. The SMILES string of the molecule is CC(C)CN(CCC#N)C(c1ccc(F)cc1)C(C)N.